The summed E-state index contributed by atoms with van der Waals surface area (Å²) in [6.45, 7) is -0.953. The molecule has 2 saturated heterocycles. The summed E-state index contributed by atoms with van der Waals surface area (Å²) in [5.74, 6) is 0.696. The Morgan fingerprint density at radius 3 is 2.10 bits per heavy atom. The predicted octanol–water partition coefficient (Wildman–Crippen LogP) is 0.909. The number of alkyl halides is 2. The molecule has 0 aromatic carbocycles. The van der Waals surface area contributed by atoms with Crippen molar-refractivity contribution in [3.63, 3.8) is 0 Å². The van der Waals surface area contributed by atoms with Gasteiger partial charge in [-0.2, -0.15) is 0 Å². The van der Waals surface area contributed by atoms with Crippen LogP contribution in [0.25, 0.3) is 22.3 Å². The summed E-state index contributed by atoms with van der Waals surface area (Å²) >= 11 is 4.78. The number of imidazole rings is 2. The monoisotopic (exact) mass is 732 g/mol. The van der Waals surface area contributed by atoms with E-state index in [0.29, 0.717) is 35.8 Å². The Morgan fingerprint density at radius 2 is 1.54 bits per heavy atom. The number of aliphatic hydroxyl groups excluding tert-OH is 1. The number of aromatic nitrogens is 8. The standard InChI is InChI=1S/C24H28F2N10O9P2S/c25-13-17(44-46(38)48)12-6-41-47(39,40)45-18-11(5-37)42-24(14(18)26)36-10-34-16-20(30-8-32-22(16)36)28-4-2-1-3-27-19-15-21(31-7-29-19)35(9-33-15)23(13)43-12/h1-2,7-14,17-18,23-24,37,46H,3-6H2,(H,38,48)(H,39,40)(H,27,29,31)(H,28,30,32)/b2-1+/t11?,12?,13-,14-,17-,18-,23?,24?/m1/s1. The van der Waals surface area contributed by atoms with Crippen molar-refractivity contribution in [2.75, 3.05) is 36.9 Å². The predicted molar refractivity (Wildman–Crippen MR) is 165 cm³/mol. The number of fused-ring (bicyclic) bond motifs is 6. The molecule has 0 radical (unpaired) electrons. The molecule has 24 heteroatoms. The summed E-state index contributed by atoms with van der Waals surface area (Å²) < 4.78 is 74.5. The smallest absolute Gasteiger partial charge is 0.394 e. The Bertz CT molecular complexity index is 1910. The highest BCUT2D eigenvalue weighted by molar-refractivity contribution is 8.00. The second-order valence-electron chi connectivity index (χ2n) is 10.7. The fourth-order valence-electron chi connectivity index (χ4n) is 5.66. The van der Waals surface area contributed by atoms with Crippen LogP contribution >= 0.6 is 15.0 Å². The van der Waals surface area contributed by atoms with E-state index in [1.165, 1.54) is 34.4 Å². The fraction of sp³-hybridized carbons (Fsp3) is 0.500. The minimum absolute atomic E-state index is 0.180. The van der Waals surface area contributed by atoms with Crippen LogP contribution < -0.4 is 10.6 Å². The number of nitrogens with one attached hydrogen (secondary N) is 2. The lowest BCUT2D eigenvalue weighted by molar-refractivity contribution is -0.0548. The van der Waals surface area contributed by atoms with Gasteiger partial charge < -0.3 is 39.5 Å². The van der Waals surface area contributed by atoms with E-state index < -0.39 is 77.4 Å². The molecule has 3 aliphatic rings. The third-order valence-electron chi connectivity index (χ3n) is 7.81. The number of hydrogen-bond donors (Lipinski definition) is 5. The van der Waals surface area contributed by atoms with Gasteiger partial charge in [0.2, 0.25) is 0 Å². The van der Waals surface area contributed by atoms with Crippen LogP contribution in [0.3, 0.4) is 0 Å². The van der Waals surface area contributed by atoms with E-state index in [2.05, 4.69) is 40.5 Å². The summed E-state index contributed by atoms with van der Waals surface area (Å²) in [7, 11) is -8.04. The molecule has 4 aromatic rings. The molecule has 0 amide bonds. The quantitative estimate of drug-likeness (QED) is 0.145. The van der Waals surface area contributed by atoms with Crippen LogP contribution in [0.5, 0.6) is 0 Å². The highest BCUT2D eigenvalue weighted by Crippen LogP contribution is 2.50. The average Bonchev–Trinajstić information content (AvgIpc) is 3.82. The molecular formula is C24H28F2N10O9P2S. The van der Waals surface area contributed by atoms with E-state index in [9.17, 15) is 19.5 Å². The van der Waals surface area contributed by atoms with Crippen molar-refractivity contribution in [1.82, 2.24) is 39.0 Å². The third-order valence-corrected chi connectivity index (χ3v) is 9.56. The minimum atomic E-state index is -5.14. The first-order valence-corrected chi connectivity index (χ1v) is 18.4. The Hall–Kier alpha value is -3.14. The fourth-order valence-corrected chi connectivity index (χ4v) is 7.47. The highest BCUT2D eigenvalue weighted by Gasteiger charge is 2.52. The number of phosphoric acid groups is 1. The van der Waals surface area contributed by atoms with E-state index in [0.717, 1.165) is 0 Å². The van der Waals surface area contributed by atoms with Gasteiger partial charge in [-0.15, -0.1) is 0 Å². The number of halogens is 2. The average molecular weight is 733 g/mol. The van der Waals surface area contributed by atoms with Crippen molar-refractivity contribution in [1.29, 1.82) is 0 Å². The van der Waals surface area contributed by atoms with Crippen molar-refractivity contribution in [3.05, 3.63) is 37.5 Å². The van der Waals surface area contributed by atoms with Crippen LogP contribution in [-0.2, 0) is 39.4 Å². The maximum atomic E-state index is 15.9. The van der Waals surface area contributed by atoms with Crippen LogP contribution in [0.2, 0.25) is 0 Å². The van der Waals surface area contributed by atoms with Gasteiger partial charge in [-0.1, -0.05) is 12.2 Å². The van der Waals surface area contributed by atoms with Gasteiger partial charge in [0, 0.05) is 13.1 Å². The lowest BCUT2D eigenvalue weighted by Crippen LogP contribution is -2.35. The highest BCUT2D eigenvalue weighted by atomic mass is 32.4. The summed E-state index contributed by atoms with van der Waals surface area (Å²) in [5, 5.41) is 16.2. The molecule has 19 nitrogen and oxygen atoms in total. The molecule has 0 saturated carbocycles. The third kappa shape index (κ3) is 6.34. The number of phosphoric ester groups is 1. The van der Waals surface area contributed by atoms with E-state index in [1.54, 1.807) is 0 Å². The molecule has 12 bridgehead atoms. The molecule has 7 rings (SSSR count). The molecule has 10 atom stereocenters. The summed E-state index contributed by atoms with van der Waals surface area (Å²) in [4.78, 5) is 45.9. The Kier molecular flexibility index (Phi) is 9.48. The number of ether oxygens (including phenoxy) is 2. The van der Waals surface area contributed by atoms with Gasteiger partial charge in [0.1, 0.15) is 37.1 Å². The number of anilines is 2. The second kappa shape index (κ2) is 13.6. The van der Waals surface area contributed by atoms with Gasteiger partial charge in [-0.05, 0) is 11.8 Å². The molecule has 6 unspecified atom stereocenters. The topological polar surface area (TPSA) is 235 Å². The van der Waals surface area contributed by atoms with Gasteiger partial charge in [-0.25, -0.2) is 43.2 Å². The van der Waals surface area contributed by atoms with Crippen molar-refractivity contribution in [2.24, 2.45) is 0 Å². The molecule has 0 spiro atoms. The van der Waals surface area contributed by atoms with Crippen LogP contribution in [-0.4, -0.2) is 117 Å². The molecule has 48 heavy (non-hydrogen) atoms. The van der Waals surface area contributed by atoms with Gasteiger partial charge in [0.15, 0.2) is 65.9 Å². The maximum Gasteiger partial charge on any atom is 0.472 e. The molecule has 5 N–H and O–H groups in total. The van der Waals surface area contributed by atoms with Crippen LogP contribution in [0.15, 0.2) is 37.5 Å². The zero-order chi connectivity index (χ0) is 33.6. The molecule has 4 aromatic heterocycles. The van der Waals surface area contributed by atoms with Crippen molar-refractivity contribution in [3.8, 4) is 0 Å². The van der Waals surface area contributed by atoms with Crippen molar-refractivity contribution in [2.45, 2.75) is 49.2 Å². The number of nitrogens with zero attached hydrogens (tertiary/aromatic N) is 8. The Labute approximate surface area is 274 Å². The molecule has 7 heterocycles. The summed E-state index contributed by atoms with van der Waals surface area (Å²) in [5.41, 5.74) is 0.958. The minimum Gasteiger partial charge on any atom is -0.394 e. The van der Waals surface area contributed by atoms with Gasteiger partial charge in [0.25, 0.3) is 0 Å². The molecule has 2 fully saturated rings. The summed E-state index contributed by atoms with van der Waals surface area (Å²) in [6.07, 6.45) is -4.49. The van der Waals surface area contributed by atoms with Gasteiger partial charge >= 0.3 is 7.82 Å². The second-order valence-corrected chi connectivity index (χ2v) is 13.9. The zero-order valence-corrected chi connectivity index (χ0v) is 27.1. The Morgan fingerprint density at radius 1 is 0.958 bits per heavy atom. The first kappa shape index (κ1) is 33.4. The first-order valence-electron chi connectivity index (χ1n) is 14.4. The largest absolute Gasteiger partial charge is 0.472 e. The normalized spacial score (nSPS) is 34.2. The lowest BCUT2D eigenvalue weighted by atomic mass is 10.1. The van der Waals surface area contributed by atoms with Crippen molar-refractivity contribution < 1.29 is 51.3 Å². The van der Waals surface area contributed by atoms with Gasteiger partial charge in [0.05, 0.1) is 25.9 Å². The molecule has 258 valence electrons. The summed E-state index contributed by atoms with van der Waals surface area (Å²) in [6, 6.07) is 0. The van der Waals surface area contributed by atoms with Crippen LogP contribution in [0, 0.1) is 0 Å². The van der Waals surface area contributed by atoms with E-state index >= 15 is 8.78 Å². The van der Waals surface area contributed by atoms with E-state index in [-0.39, 0.29) is 11.3 Å². The molecule has 0 aliphatic carbocycles. The molecule has 3 aliphatic heterocycles. The maximum absolute atomic E-state index is 15.9. The van der Waals surface area contributed by atoms with Crippen molar-refractivity contribution >= 4 is 60.7 Å². The first-order chi connectivity index (χ1) is 23.1. The number of hydrogen-bond acceptors (Lipinski definition) is 16. The molecular weight excluding hydrogens is 704 g/mol. The van der Waals surface area contributed by atoms with E-state index in [4.69, 9.17) is 34.9 Å². The van der Waals surface area contributed by atoms with E-state index in [1.807, 2.05) is 12.2 Å². The SMILES string of the molecule is O=P1(O)OCC2OC([C@H](F)[C@@H]2O[PH](O)=S)n2cnc3c(ncnc32)NC/C=C/CNc2ncnc3c2ncn3C2OC(CO)[C@@H](O1)[C@H]2F. The number of aliphatic hydroxyl groups is 1. The van der Waals surface area contributed by atoms with Crippen LogP contribution in [0.4, 0.5) is 20.4 Å². The van der Waals surface area contributed by atoms with Crippen LogP contribution in [0.1, 0.15) is 12.5 Å². The number of rotatable bonds is 3. The zero-order valence-electron chi connectivity index (χ0n) is 24.4. The van der Waals surface area contributed by atoms with Gasteiger partial charge in [-0.3, -0.25) is 18.2 Å². The lowest BCUT2D eigenvalue weighted by Gasteiger charge is -2.23. The Balaban J connectivity index is 1.23.